The summed E-state index contributed by atoms with van der Waals surface area (Å²) in [7, 11) is 0. The van der Waals surface area contributed by atoms with Gasteiger partial charge in [0.1, 0.15) is 5.82 Å². The van der Waals surface area contributed by atoms with Crippen LogP contribution >= 0.6 is 11.8 Å². The highest BCUT2D eigenvalue weighted by molar-refractivity contribution is 8.00. The van der Waals surface area contributed by atoms with Crippen molar-refractivity contribution in [2.45, 2.75) is 68.7 Å². The van der Waals surface area contributed by atoms with E-state index in [1.807, 2.05) is 12.1 Å². The van der Waals surface area contributed by atoms with E-state index in [1.165, 1.54) is 25.7 Å². The minimum atomic E-state index is -0.0647. The second kappa shape index (κ2) is 6.27. The van der Waals surface area contributed by atoms with Gasteiger partial charge in [0.05, 0.1) is 0 Å². The Bertz CT molecular complexity index is 419. The molecular formula is C16H24FNS. The molecule has 0 radical (unpaired) electrons. The quantitative estimate of drug-likeness (QED) is 0.855. The van der Waals surface area contributed by atoms with Crippen molar-refractivity contribution < 1.29 is 4.39 Å². The first kappa shape index (κ1) is 14.9. The minimum Gasteiger partial charge on any atom is -0.308 e. The lowest BCUT2D eigenvalue weighted by atomic mass is 10.1. The number of rotatable bonds is 4. The van der Waals surface area contributed by atoms with Crippen molar-refractivity contribution in [3.8, 4) is 0 Å². The molecule has 0 unspecified atom stereocenters. The molecule has 0 amide bonds. The minimum absolute atomic E-state index is 0.0572. The van der Waals surface area contributed by atoms with Crippen molar-refractivity contribution in [3.63, 3.8) is 0 Å². The summed E-state index contributed by atoms with van der Waals surface area (Å²) >= 11 is 1.74. The van der Waals surface area contributed by atoms with Crippen LogP contribution in [0.5, 0.6) is 0 Å². The van der Waals surface area contributed by atoms with E-state index < -0.39 is 0 Å². The fourth-order valence-corrected chi connectivity index (χ4v) is 3.73. The first-order chi connectivity index (χ1) is 8.96. The molecular weight excluding hydrogens is 257 g/mol. The Balaban J connectivity index is 2.10. The molecule has 1 N–H and O–H groups in total. The summed E-state index contributed by atoms with van der Waals surface area (Å²) in [6.07, 6.45) is 5.04. The molecule has 1 nitrogen and oxygen atoms in total. The third-order valence-corrected chi connectivity index (χ3v) is 4.94. The topological polar surface area (TPSA) is 12.0 Å². The highest BCUT2D eigenvalue weighted by Crippen LogP contribution is 2.37. The van der Waals surface area contributed by atoms with Crippen LogP contribution in [0.15, 0.2) is 23.1 Å². The molecule has 106 valence electrons. The number of thioether (sulfide) groups is 1. The highest BCUT2D eigenvalue weighted by Gasteiger charge is 2.20. The van der Waals surface area contributed by atoms with Gasteiger partial charge in [-0.05, 0) is 45.2 Å². The van der Waals surface area contributed by atoms with Gasteiger partial charge in [0.25, 0.3) is 0 Å². The largest absolute Gasteiger partial charge is 0.308 e. The monoisotopic (exact) mass is 281 g/mol. The Hall–Kier alpha value is -0.540. The second-order valence-corrected chi connectivity index (χ2v) is 7.67. The molecule has 1 fully saturated rings. The summed E-state index contributed by atoms with van der Waals surface area (Å²) in [6, 6.07) is 5.44. The molecule has 1 aromatic rings. The van der Waals surface area contributed by atoms with Gasteiger partial charge >= 0.3 is 0 Å². The van der Waals surface area contributed by atoms with Gasteiger partial charge in [0.15, 0.2) is 0 Å². The normalized spacial score (nSPS) is 17.1. The van der Waals surface area contributed by atoms with Gasteiger partial charge < -0.3 is 5.32 Å². The number of nitrogens with one attached hydrogen (secondary N) is 1. The maximum atomic E-state index is 14.1. The Kier molecular flexibility index (Phi) is 4.91. The summed E-state index contributed by atoms with van der Waals surface area (Å²) < 4.78 is 14.1. The SMILES string of the molecule is CC(C)(C)NCc1cccc(F)c1SC1CCCC1. The van der Waals surface area contributed by atoms with Gasteiger partial charge in [-0.1, -0.05) is 25.0 Å². The van der Waals surface area contributed by atoms with E-state index in [9.17, 15) is 4.39 Å². The Morgan fingerprint density at radius 1 is 1.26 bits per heavy atom. The number of hydrogen-bond donors (Lipinski definition) is 1. The maximum absolute atomic E-state index is 14.1. The molecule has 1 saturated carbocycles. The molecule has 0 bridgehead atoms. The summed E-state index contributed by atoms with van der Waals surface area (Å²) in [6.45, 7) is 7.14. The van der Waals surface area contributed by atoms with Crippen LogP contribution in [0.3, 0.4) is 0 Å². The van der Waals surface area contributed by atoms with Gasteiger partial charge in [-0.3, -0.25) is 0 Å². The Labute approximate surface area is 120 Å². The van der Waals surface area contributed by atoms with Crippen molar-refractivity contribution in [2.75, 3.05) is 0 Å². The third-order valence-electron chi connectivity index (χ3n) is 3.44. The maximum Gasteiger partial charge on any atom is 0.137 e. The Morgan fingerprint density at radius 2 is 1.95 bits per heavy atom. The molecule has 0 atom stereocenters. The predicted octanol–water partition coefficient (Wildman–Crippen LogP) is 4.75. The fraction of sp³-hybridized carbons (Fsp3) is 0.625. The molecule has 19 heavy (non-hydrogen) atoms. The molecule has 0 aliphatic heterocycles. The van der Waals surface area contributed by atoms with E-state index in [2.05, 4.69) is 26.1 Å². The summed E-state index contributed by atoms with van der Waals surface area (Å²) in [4.78, 5) is 0.853. The Morgan fingerprint density at radius 3 is 2.58 bits per heavy atom. The van der Waals surface area contributed by atoms with Crippen LogP contribution in [0.2, 0.25) is 0 Å². The van der Waals surface area contributed by atoms with Crippen LogP contribution in [0.25, 0.3) is 0 Å². The third kappa shape index (κ3) is 4.50. The standard InChI is InChI=1S/C16H24FNS/c1-16(2,3)18-11-12-7-6-10-14(17)15(12)19-13-8-4-5-9-13/h6-7,10,13,18H,4-5,8-9,11H2,1-3H3. The van der Waals surface area contributed by atoms with Crippen LogP contribution < -0.4 is 5.32 Å². The molecule has 0 aromatic heterocycles. The van der Waals surface area contributed by atoms with E-state index in [-0.39, 0.29) is 11.4 Å². The number of halogens is 1. The molecule has 1 aliphatic rings. The average molecular weight is 281 g/mol. The summed E-state index contributed by atoms with van der Waals surface area (Å²) in [5, 5.41) is 4.05. The van der Waals surface area contributed by atoms with Gasteiger partial charge in [-0.2, -0.15) is 0 Å². The predicted molar refractivity (Wildman–Crippen MR) is 81.1 cm³/mol. The second-order valence-electron chi connectivity index (χ2n) is 6.36. The van der Waals surface area contributed by atoms with Gasteiger partial charge in [0, 0.05) is 22.2 Å². The zero-order valence-electron chi connectivity index (χ0n) is 12.1. The van der Waals surface area contributed by atoms with Gasteiger partial charge in [0.2, 0.25) is 0 Å². The number of benzene rings is 1. The summed E-state index contributed by atoms with van der Waals surface area (Å²) in [5.74, 6) is -0.0647. The number of hydrogen-bond acceptors (Lipinski definition) is 2. The fourth-order valence-electron chi connectivity index (χ4n) is 2.36. The van der Waals surface area contributed by atoms with Crippen molar-refractivity contribution >= 4 is 11.8 Å². The van der Waals surface area contributed by atoms with Gasteiger partial charge in [-0.25, -0.2) is 4.39 Å². The van der Waals surface area contributed by atoms with Crippen LogP contribution in [0.4, 0.5) is 4.39 Å². The van der Waals surface area contributed by atoms with Crippen LogP contribution in [-0.4, -0.2) is 10.8 Å². The molecule has 3 heteroatoms. The highest BCUT2D eigenvalue weighted by atomic mass is 32.2. The van der Waals surface area contributed by atoms with E-state index in [4.69, 9.17) is 0 Å². The van der Waals surface area contributed by atoms with Crippen molar-refractivity contribution in [1.82, 2.24) is 5.32 Å². The van der Waals surface area contributed by atoms with Crippen molar-refractivity contribution in [1.29, 1.82) is 0 Å². The van der Waals surface area contributed by atoms with Crippen molar-refractivity contribution in [2.24, 2.45) is 0 Å². The lowest BCUT2D eigenvalue weighted by Crippen LogP contribution is -2.35. The first-order valence-corrected chi connectivity index (χ1v) is 8.03. The zero-order valence-corrected chi connectivity index (χ0v) is 12.9. The van der Waals surface area contributed by atoms with Crippen LogP contribution in [0.1, 0.15) is 52.0 Å². The van der Waals surface area contributed by atoms with Crippen LogP contribution in [-0.2, 0) is 6.54 Å². The van der Waals surface area contributed by atoms with Crippen LogP contribution in [0, 0.1) is 5.82 Å². The lowest BCUT2D eigenvalue weighted by molar-refractivity contribution is 0.421. The molecule has 1 aliphatic carbocycles. The molecule has 0 saturated heterocycles. The average Bonchev–Trinajstić information content (AvgIpc) is 2.82. The lowest BCUT2D eigenvalue weighted by Gasteiger charge is -2.22. The first-order valence-electron chi connectivity index (χ1n) is 7.15. The van der Waals surface area contributed by atoms with Crippen molar-refractivity contribution in [3.05, 3.63) is 29.6 Å². The molecule has 0 spiro atoms. The summed E-state index contributed by atoms with van der Waals surface area (Å²) in [5.41, 5.74) is 1.15. The zero-order chi connectivity index (χ0) is 13.9. The van der Waals surface area contributed by atoms with E-state index in [0.29, 0.717) is 5.25 Å². The molecule has 1 aromatic carbocycles. The van der Waals surface area contributed by atoms with E-state index in [0.717, 1.165) is 17.0 Å². The smallest absolute Gasteiger partial charge is 0.137 e. The van der Waals surface area contributed by atoms with Gasteiger partial charge in [-0.15, -0.1) is 11.8 Å². The molecule has 2 rings (SSSR count). The van der Waals surface area contributed by atoms with E-state index in [1.54, 1.807) is 17.8 Å². The molecule has 0 heterocycles. The van der Waals surface area contributed by atoms with E-state index >= 15 is 0 Å².